The van der Waals surface area contributed by atoms with Gasteiger partial charge < -0.3 is 10.1 Å². The first kappa shape index (κ1) is 20.4. The number of rotatable bonds is 7. The first-order valence-electron chi connectivity index (χ1n) is 6.96. The van der Waals surface area contributed by atoms with Gasteiger partial charge in [-0.05, 0) is 32.0 Å². The van der Waals surface area contributed by atoms with E-state index in [1.807, 2.05) is 0 Å². The van der Waals surface area contributed by atoms with Crippen molar-refractivity contribution >= 4 is 33.5 Å². The monoisotopic (exact) mass is 378 g/mol. The fourth-order valence-electron chi connectivity index (χ4n) is 1.66. The van der Waals surface area contributed by atoms with Crippen molar-refractivity contribution in [1.29, 1.82) is 0 Å². The summed E-state index contributed by atoms with van der Waals surface area (Å²) in [5, 5.41) is 2.44. The summed E-state index contributed by atoms with van der Waals surface area (Å²) in [6.45, 7) is 3.54. The van der Waals surface area contributed by atoms with E-state index in [2.05, 4.69) is 10.2 Å². The summed E-state index contributed by atoms with van der Waals surface area (Å²) >= 11 is 5.91. The fraction of sp³-hybridized carbons (Fsp3) is 0.429. The molecule has 134 valence electrons. The summed E-state index contributed by atoms with van der Waals surface area (Å²) in [5.74, 6) is -1.30. The number of nitrogens with zero attached hydrogens (tertiary/aromatic N) is 1. The van der Waals surface area contributed by atoms with Crippen molar-refractivity contribution in [2.45, 2.75) is 24.8 Å². The number of carbonyl (C=O) groups excluding carboxylic acids is 2. The number of hydrogen-bond acceptors (Lipinski definition) is 6. The molecular formula is C14H19ClN2O6S. The lowest BCUT2D eigenvalue weighted by Gasteiger charge is -2.16. The van der Waals surface area contributed by atoms with E-state index in [-0.39, 0.29) is 15.5 Å². The smallest absolute Gasteiger partial charge is 0.338 e. The largest absolute Gasteiger partial charge is 0.449 e. The minimum atomic E-state index is -4.04. The Bertz CT molecular complexity index is 722. The van der Waals surface area contributed by atoms with Gasteiger partial charge in [-0.2, -0.15) is 0 Å². The average Bonchev–Trinajstić information content (AvgIpc) is 2.54. The Morgan fingerprint density at radius 1 is 1.38 bits per heavy atom. The lowest BCUT2D eigenvalue weighted by atomic mass is 10.2. The second-order valence-electron chi connectivity index (χ2n) is 4.68. The molecule has 0 saturated carbocycles. The first-order chi connectivity index (χ1) is 11.1. The number of ether oxygens (including phenoxy) is 1. The van der Waals surface area contributed by atoms with Crippen molar-refractivity contribution in [1.82, 2.24) is 9.79 Å². The third kappa shape index (κ3) is 4.67. The molecule has 0 radical (unpaired) electrons. The first-order valence-corrected chi connectivity index (χ1v) is 8.78. The zero-order chi connectivity index (χ0) is 18.5. The minimum Gasteiger partial charge on any atom is -0.449 e. The quantitative estimate of drug-likeness (QED) is 0.565. The lowest BCUT2D eigenvalue weighted by Crippen LogP contribution is -2.35. The van der Waals surface area contributed by atoms with Gasteiger partial charge in [-0.15, -0.1) is 0 Å². The van der Waals surface area contributed by atoms with Crippen LogP contribution in [0.15, 0.2) is 23.1 Å². The van der Waals surface area contributed by atoms with Crippen molar-refractivity contribution in [3.8, 4) is 0 Å². The van der Waals surface area contributed by atoms with Gasteiger partial charge in [-0.1, -0.05) is 16.1 Å². The second kappa shape index (κ2) is 8.43. The van der Waals surface area contributed by atoms with Crippen LogP contribution < -0.4 is 5.32 Å². The van der Waals surface area contributed by atoms with Crippen LogP contribution in [0.3, 0.4) is 0 Å². The number of benzene rings is 1. The molecule has 0 saturated heterocycles. The molecule has 1 N–H and O–H groups in total. The Morgan fingerprint density at radius 3 is 2.54 bits per heavy atom. The molecule has 8 nitrogen and oxygen atoms in total. The van der Waals surface area contributed by atoms with Gasteiger partial charge in [0.05, 0.1) is 17.7 Å². The average molecular weight is 379 g/mol. The maximum atomic E-state index is 12.3. The number of hydrogen-bond donors (Lipinski definition) is 1. The van der Waals surface area contributed by atoms with Crippen LogP contribution in [0.2, 0.25) is 5.02 Å². The minimum absolute atomic E-state index is 0.0568. The summed E-state index contributed by atoms with van der Waals surface area (Å²) in [5.41, 5.74) is -0.0568. The highest BCUT2D eigenvalue weighted by Gasteiger charge is 2.26. The molecule has 0 unspecified atom stereocenters. The number of esters is 1. The Morgan fingerprint density at radius 2 is 2.00 bits per heavy atom. The number of amides is 1. The molecule has 1 rings (SSSR count). The molecule has 0 aromatic heterocycles. The van der Waals surface area contributed by atoms with E-state index in [9.17, 15) is 18.0 Å². The third-order valence-corrected chi connectivity index (χ3v) is 5.21. The van der Waals surface area contributed by atoms with Gasteiger partial charge in [0.25, 0.3) is 15.9 Å². The topological polar surface area (TPSA) is 102 Å². The SMILES string of the molecule is CCNC(=O)[C@@H](C)OC(=O)c1ccc(Cl)c(S(=O)(=O)N(C)OC)c1. The van der Waals surface area contributed by atoms with Crippen LogP contribution in [0.1, 0.15) is 24.2 Å². The molecule has 0 heterocycles. The Balaban J connectivity index is 3.09. The number of likely N-dealkylation sites (N-methyl/N-ethyl adjacent to an activating group) is 1. The van der Waals surface area contributed by atoms with Gasteiger partial charge in [0, 0.05) is 13.6 Å². The summed E-state index contributed by atoms with van der Waals surface area (Å²) in [4.78, 5) is 28.1. The van der Waals surface area contributed by atoms with Crippen LogP contribution in [0.4, 0.5) is 0 Å². The highest BCUT2D eigenvalue weighted by atomic mass is 35.5. The molecule has 1 atom stereocenters. The number of halogens is 1. The molecule has 0 fully saturated rings. The van der Waals surface area contributed by atoms with Crippen LogP contribution in [0.5, 0.6) is 0 Å². The van der Waals surface area contributed by atoms with Crippen LogP contribution in [-0.4, -0.2) is 51.6 Å². The maximum absolute atomic E-state index is 12.3. The zero-order valence-electron chi connectivity index (χ0n) is 13.7. The van der Waals surface area contributed by atoms with E-state index in [4.69, 9.17) is 16.3 Å². The summed E-state index contributed by atoms with van der Waals surface area (Å²) in [6.07, 6.45) is -1.02. The molecule has 1 amide bonds. The van der Waals surface area contributed by atoms with Gasteiger partial charge in [0.2, 0.25) is 0 Å². The van der Waals surface area contributed by atoms with E-state index >= 15 is 0 Å². The molecule has 1 aromatic carbocycles. The van der Waals surface area contributed by atoms with Gasteiger partial charge in [0.1, 0.15) is 4.90 Å². The Labute approximate surface area is 145 Å². The molecule has 0 spiro atoms. The standard InChI is InChI=1S/C14H19ClN2O6S/c1-5-16-13(18)9(2)23-14(19)10-6-7-11(15)12(8-10)24(20,21)17(3)22-4/h6-9H,5H2,1-4H3,(H,16,18)/t9-/m1/s1. The molecular weight excluding hydrogens is 360 g/mol. The van der Waals surface area contributed by atoms with E-state index in [1.54, 1.807) is 6.92 Å². The summed E-state index contributed by atoms with van der Waals surface area (Å²) in [7, 11) is -1.67. The van der Waals surface area contributed by atoms with E-state index in [0.717, 1.165) is 6.07 Å². The molecule has 1 aromatic rings. The van der Waals surface area contributed by atoms with Gasteiger partial charge in [-0.25, -0.2) is 13.2 Å². The number of hydroxylamine groups is 1. The third-order valence-electron chi connectivity index (χ3n) is 3.04. The zero-order valence-corrected chi connectivity index (χ0v) is 15.3. The van der Waals surface area contributed by atoms with Crippen LogP contribution >= 0.6 is 11.6 Å². The predicted octanol–water partition coefficient (Wildman–Crippen LogP) is 1.20. The lowest BCUT2D eigenvalue weighted by molar-refractivity contribution is -0.128. The van der Waals surface area contributed by atoms with Crippen molar-refractivity contribution in [3.05, 3.63) is 28.8 Å². The second-order valence-corrected chi connectivity index (χ2v) is 7.00. The number of nitrogens with one attached hydrogen (secondary N) is 1. The molecule has 0 aliphatic heterocycles. The van der Waals surface area contributed by atoms with E-state index < -0.39 is 28.0 Å². The molecule has 10 heteroatoms. The highest BCUT2D eigenvalue weighted by Crippen LogP contribution is 2.25. The van der Waals surface area contributed by atoms with Crippen molar-refractivity contribution < 1.29 is 27.6 Å². The van der Waals surface area contributed by atoms with E-state index in [1.165, 1.54) is 33.2 Å². The summed E-state index contributed by atoms with van der Waals surface area (Å²) < 4.78 is 30.2. The highest BCUT2D eigenvalue weighted by molar-refractivity contribution is 7.89. The van der Waals surface area contributed by atoms with E-state index in [0.29, 0.717) is 11.0 Å². The Kier molecular flexibility index (Phi) is 7.15. The maximum Gasteiger partial charge on any atom is 0.338 e. The molecule has 0 aliphatic rings. The van der Waals surface area contributed by atoms with Crippen molar-refractivity contribution in [2.75, 3.05) is 20.7 Å². The van der Waals surface area contributed by atoms with Crippen LogP contribution in [-0.2, 0) is 24.4 Å². The normalized spacial score (nSPS) is 12.8. The summed E-state index contributed by atoms with van der Waals surface area (Å²) in [6, 6.07) is 3.63. The van der Waals surface area contributed by atoms with Gasteiger partial charge in [-0.3, -0.25) is 9.63 Å². The van der Waals surface area contributed by atoms with Crippen molar-refractivity contribution in [3.63, 3.8) is 0 Å². The Hall–Kier alpha value is -1.68. The fourth-order valence-corrected chi connectivity index (χ4v) is 3.14. The molecule has 24 heavy (non-hydrogen) atoms. The predicted molar refractivity (Wildman–Crippen MR) is 87.0 cm³/mol. The van der Waals surface area contributed by atoms with Gasteiger partial charge >= 0.3 is 5.97 Å². The van der Waals surface area contributed by atoms with Crippen LogP contribution in [0, 0.1) is 0 Å². The number of carbonyl (C=O) groups is 2. The molecule has 0 aliphatic carbocycles. The number of sulfonamides is 1. The van der Waals surface area contributed by atoms with Crippen LogP contribution in [0.25, 0.3) is 0 Å². The van der Waals surface area contributed by atoms with Crippen molar-refractivity contribution in [2.24, 2.45) is 0 Å². The van der Waals surface area contributed by atoms with Gasteiger partial charge in [0.15, 0.2) is 6.10 Å². The molecule has 0 bridgehead atoms.